The van der Waals surface area contributed by atoms with Gasteiger partial charge in [0.2, 0.25) is 10.0 Å². The molecule has 1 aromatic rings. The van der Waals surface area contributed by atoms with Crippen molar-refractivity contribution in [1.82, 2.24) is 10.0 Å². The van der Waals surface area contributed by atoms with Crippen molar-refractivity contribution >= 4 is 10.0 Å². The molecule has 5 heteroatoms. The molecule has 0 saturated carbocycles. The van der Waals surface area contributed by atoms with E-state index in [1.165, 1.54) is 5.56 Å². The van der Waals surface area contributed by atoms with E-state index in [1.807, 2.05) is 19.2 Å². The molecule has 0 amide bonds. The zero-order valence-electron chi connectivity index (χ0n) is 13.6. The van der Waals surface area contributed by atoms with Crippen LogP contribution in [-0.4, -0.2) is 28.6 Å². The zero-order valence-corrected chi connectivity index (χ0v) is 14.4. The van der Waals surface area contributed by atoms with Crippen molar-refractivity contribution < 1.29 is 8.42 Å². The number of rotatable bonds is 8. The Kier molecular flexibility index (Phi) is 6.84. The molecule has 0 spiro atoms. The van der Waals surface area contributed by atoms with E-state index in [-0.39, 0.29) is 5.41 Å². The van der Waals surface area contributed by atoms with Crippen molar-refractivity contribution in [2.45, 2.75) is 44.9 Å². The highest BCUT2D eigenvalue weighted by Crippen LogP contribution is 2.18. The summed E-state index contributed by atoms with van der Waals surface area (Å²) in [7, 11) is -1.46. The minimum Gasteiger partial charge on any atom is -0.320 e. The molecule has 0 aliphatic heterocycles. The Hall–Kier alpha value is -0.910. The Labute approximate surface area is 129 Å². The van der Waals surface area contributed by atoms with Gasteiger partial charge in [-0.15, -0.1) is 0 Å². The third-order valence-electron chi connectivity index (χ3n) is 3.29. The minimum absolute atomic E-state index is 0.125. The molecule has 0 bridgehead atoms. The van der Waals surface area contributed by atoms with Crippen LogP contribution in [-0.2, 0) is 16.4 Å². The van der Waals surface area contributed by atoms with E-state index in [1.54, 1.807) is 12.1 Å². The molecule has 0 unspecified atom stereocenters. The van der Waals surface area contributed by atoms with Crippen molar-refractivity contribution in [3.8, 4) is 0 Å². The van der Waals surface area contributed by atoms with Gasteiger partial charge in [-0.05, 0) is 56.0 Å². The minimum atomic E-state index is -3.39. The highest BCUT2D eigenvalue weighted by molar-refractivity contribution is 7.89. The molecule has 120 valence electrons. The highest BCUT2D eigenvalue weighted by Gasteiger charge is 2.16. The zero-order chi connectivity index (χ0) is 15.9. The van der Waals surface area contributed by atoms with Gasteiger partial charge in [0.05, 0.1) is 4.90 Å². The third kappa shape index (κ3) is 7.07. The van der Waals surface area contributed by atoms with Gasteiger partial charge in [-0.3, -0.25) is 0 Å². The molecule has 2 N–H and O–H groups in total. The van der Waals surface area contributed by atoms with E-state index in [2.05, 4.69) is 30.8 Å². The van der Waals surface area contributed by atoms with Crippen molar-refractivity contribution in [2.24, 2.45) is 5.41 Å². The lowest BCUT2D eigenvalue weighted by Gasteiger charge is -2.18. The first-order chi connectivity index (χ1) is 9.74. The first kappa shape index (κ1) is 18.1. The molecule has 0 aromatic heterocycles. The lowest BCUT2D eigenvalue weighted by Crippen LogP contribution is -2.27. The maximum absolute atomic E-state index is 12.2. The Morgan fingerprint density at radius 1 is 1.05 bits per heavy atom. The predicted molar refractivity (Wildman–Crippen MR) is 88.0 cm³/mol. The van der Waals surface area contributed by atoms with Gasteiger partial charge in [0, 0.05) is 6.54 Å². The molecular weight excluding hydrogens is 284 g/mol. The molecule has 0 saturated heterocycles. The fourth-order valence-electron chi connectivity index (χ4n) is 1.95. The van der Waals surface area contributed by atoms with Gasteiger partial charge in [-0.25, -0.2) is 13.1 Å². The molecular formula is C16H28N2O2S. The van der Waals surface area contributed by atoms with E-state index in [9.17, 15) is 8.42 Å². The summed E-state index contributed by atoms with van der Waals surface area (Å²) in [5.74, 6) is 0. The Bertz CT molecular complexity index is 516. The highest BCUT2D eigenvalue weighted by atomic mass is 32.2. The number of hydrogen-bond donors (Lipinski definition) is 2. The summed E-state index contributed by atoms with van der Waals surface area (Å²) >= 11 is 0. The maximum atomic E-state index is 12.2. The van der Waals surface area contributed by atoms with Gasteiger partial charge < -0.3 is 5.32 Å². The van der Waals surface area contributed by atoms with Crippen molar-refractivity contribution in [3.63, 3.8) is 0 Å². The van der Waals surface area contributed by atoms with Gasteiger partial charge >= 0.3 is 0 Å². The number of sulfonamides is 1. The summed E-state index contributed by atoms with van der Waals surface area (Å²) in [4.78, 5) is 0.341. The molecule has 21 heavy (non-hydrogen) atoms. The summed E-state index contributed by atoms with van der Waals surface area (Å²) in [6, 6.07) is 7.17. The summed E-state index contributed by atoms with van der Waals surface area (Å²) in [5.41, 5.74) is 1.29. The SMILES string of the molecule is CNCCCc1ccc(S(=O)(=O)NCCC(C)(C)C)cc1. The summed E-state index contributed by atoms with van der Waals surface area (Å²) in [6.07, 6.45) is 2.82. The van der Waals surface area contributed by atoms with Crippen LogP contribution in [0.25, 0.3) is 0 Å². The van der Waals surface area contributed by atoms with Crippen molar-refractivity contribution in [2.75, 3.05) is 20.1 Å². The molecule has 0 aliphatic carbocycles. The van der Waals surface area contributed by atoms with E-state index in [4.69, 9.17) is 0 Å². The van der Waals surface area contributed by atoms with Gasteiger partial charge in [-0.2, -0.15) is 0 Å². The fraction of sp³-hybridized carbons (Fsp3) is 0.625. The second kappa shape index (κ2) is 7.92. The summed E-state index contributed by atoms with van der Waals surface area (Å²) in [5, 5.41) is 3.10. The average Bonchev–Trinajstić information content (AvgIpc) is 2.38. The first-order valence-corrected chi connectivity index (χ1v) is 8.96. The summed E-state index contributed by atoms with van der Waals surface area (Å²) < 4.78 is 27.0. The monoisotopic (exact) mass is 312 g/mol. The van der Waals surface area contributed by atoms with Crippen LogP contribution < -0.4 is 10.0 Å². The number of aryl methyl sites for hydroxylation is 1. The molecule has 1 aromatic carbocycles. The molecule has 0 fully saturated rings. The average molecular weight is 312 g/mol. The predicted octanol–water partition coefficient (Wildman–Crippen LogP) is 2.55. The molecule has 0 heterocycles. The van der Waals surface area contributed by atoms with E-state index >= 15 is 0 Å². The smallest absolute Gasteiger partial charge is 0.240 e. The topological polar surface area (TPSA) is 58.2 Å². The van der Waals surface area contributed by atoms with E-state index in [0.29, 0.717) is 11.4 Å². The van der Waals surface area contributed by atoms with Gasteiger partial charge in [0.1, 0.15) is 0 Å². The lowest BCUT2D eigenvalue weighted by atomic mass is 9.93. The largest absolute Gasteiger partial charge is 0.320 e. The van der Waals surface area contributed by atoms with Crippen LogP contribution in [0, 0.1) is 5.41 Å². The van der Waals surface area contributed by atoms with Gasteiger partial charge in [0.25, 0.3) is 0 Å². The van der Waals surface area contributed by atoms with E-state index in [0.717, 1.165) is 25.8 Å². The maximum Gasteiger partial charge on any atom is 0.240 e. The van der Waals surface area contributed by atoms with Gasteiger partial charge in [0.15, 0.2) is 0 Å². The van der Waals surface area contributed by atoms with Crippen molar-refractivity contribution in [3.05, 3.63) is 29.8 Å². The normalized spacial score (nSPS) is 12.6. The van der Waals surface area contributed by atoms with Crippen LogP contribution >= 0.6 is 0 Å². The fourth-order valence-corrected chi connectivity index (χ4v) is 2.98. The van der Waals surface area contributed by atoms with Crippen LogP contribution in [0.3, 0.4) is 0 Å². The van der Waals surface area contributed by atoms with Crippen LogP contribution in [0.1, 0.15) is 39.2 Å². The second-order valence-corrected chi connectivity index (χ2v) is 8.33. The van der Waals surface area contributed by atoms with Crippen LogP contribution in [0.15, 0.2) is 29.2 Å². The second-order valence-electron chi connectivity index (χ2n) is 6.56. The molecule has 1 rings (SSSR count). The van der Waals surface area contributed by atoms with Crippen LogP contribution in [0.5, 0.6) is 0 Å². The van der Waals surface area contributed by atoms with Crippen molar-refractivity contribution in [1.29, 1.82) is 0 Å². The standard InChI is InChI=1S/C16H28N2O2S/c1-16(2,3)11-13-18-21(19,20)15-9-7-14(8-10-15)6-5-12-17-4/h7-10,17-18H,5-6,11-13H2,1-4H3. The Morgan fingerprint density at radius 2 is 1.67 bits per heavy atom. The number of nitrogens with one attached hydrogen (secondary N) is 2. The third-order valence-corrected chi connectivity index (χ3v) is 4.77. The van der Waals surface area contributed by atoms with E-state index < -0.39 is 10.0 Å². The Balaban J connectivity index is 2.59. The number of benzene rings is 1. The van der Waals surface area contributed by atoms with Crippen LogP contribution in [0.4, 0.5) is 0 Å². The van der Waals surface area contributed by atoms with Crippen LogP contribution in [0.2, 0.25) is 0 Å². The summed E-state index contributed by atoms with van der Waals surface area (Å²) in [6.45, 7) is 7.73. The molecule has 0 aliphatic rings. The Morgan fingerprint density at radius 3 is 2.19 bits per heavy atom. The molecule has 0 radical (unpaired) electrons. The molecule has 0 atom stereocenters. The lowest BCUT2D eigenvalue weighted by molar-refractivity contribution is 0.378. The number of hydrogen-bond acceptors (Lipinski definition) is 3. The first-order valence-electron chi connectivity index (χ1n) is 7.48. The van der Waals surface area contributed by atoms with Gasteiger partial charge in [-0.1, -0.05) is 32.9 Å². The quantitative estimate of drug-likeness (QED) is 0.725. The molecule has 4 nitrogen and oxygen atoms in total.